The summed E-state index contributed by atoms with van der Waals surface area (Å²) in [4.78, 5) is 29.6. The maximum absolute atomic E-state index is 13.3. The average molecular weight is 442 g/mol. The van der Waals surface area contributed by atoms with E-state index in [0.717, 1.165) is 16.3 Å². The number of carbonyl (C=O) groups excluding carboxylic acids is 2. The molecular weight excluding hydrogens is 418 g/mol. The quantitative estimate of drug-likeness (QED) is 0.285. The standard InChI is InChI=1S/C26H23N3O2S/c1-19(30)22-13-8-14-23(17-22)28-25(31)24(21-11-6-3-7-12-21)32-26-27-15-16-29(26)18-20-9-4-2-5-10-20/h2-17,24H,18H2,1H3,(H,28,31). The van der Waals surface area contributed by atoms with Crippen LogP contribution in [0.1, 0.15) is 33.7 Å². The molecule has 4 rings (SSSR count). The number of hydrogen-bond acceptors (Lipinski definition) is 4. The Morgan fingerprint density at radius 1 is 0.969 bits per heavy atom. The monoisotopic (exact) mass is 441 g/mol. The number of nitrogens with zero attached hydrogens (tertiary/aromatic N) is 2. The first-order valence-corrected chi connectivity index (χ1v) is 11.2. The van der Waals surface area contributed by atoms with Crippen LogP contribution in [0.5, 0.6) is 0 Å². The number of ketones is 1. The minimum absolute atomic E-state index is 0.0435. The molecule has 0 aliphatic heterocycles. The third kappa shape index (κ3) is 5.34. The molecule has 0 spiro atoms. The molecule has 6 heteroatoms. The lowest BCUT2D eigenvalue weighted by atomic mass is 10.1. The maximum Gasteiger partial charge on any atom is 0.242 e. The third-order valence-electron chi connectivity index (χ3n) is 4.97. The van der Waals surface area contributed by atoms with Gasteiger partial charge in [0.15, 0.2) is 10.9 Å². The predicted molar refractivity (Wildman–Crippen MR) is 128 cm³/mol. The van der Waals surface area contributed by atoms with E-state index in [0.29, 0.717) is 17.8 Å². The summed E-state index contributed by atoms with van der Waals surface area (Å²) in [6.45, 7) is 2.18. The van der Waals surface area contributed by atoms with Crippen LogP contribution in [-0.4, -0.2) is 21.2 Å². The van der Waals surface area contributed by atoms with Crippen LogP contribution in [0.15, 0.2) is 102 Å². The normalized spacial score (nSPS) is 11.7. The summed E-state index contributed by atoms with van der Waals surface area (Å²) < 4.78 is 2.04. The number of nitrogens with one attached hydrogen (secondary N) is 1. The Morgan fingerprint density at radius 2 is 1.69 bits per heavy atom. The molecule has 0 saturated heterocycles. The van der Waals surface area contributed by atoms with Crippen molar-refractivity contribution < 1.29 is 9.59 Å². The Balaban J connectivity index is 1.59. The van der Waals surface area contributed by atoms with Crippen LogP contribution < -0.4 is 5.32 Å². The second-order valence-electron chi connectivity index (χ2n) is 7.36. The number of thioether (sulfide) groups is 1. The number of amides is 1. The van der Waals surface area contributed by atoms with Crippen molar-refractivity contribution in [2.45, 2.75) is 23.9 Å². The molecule has 1 amide bonds. The van der Waals surface area contributed by atoms with Crippen molar-refractivity contribution in [2.24, 2.45) is 0 Å². The van der Waals surface area contributed by atoms with E-state index in [2.05, 4.69) is 22.4 Å². The van der Waals surface area contributed by atoms with Crippen molar-refractivity contribution in [3.63, 3.8) is 0 Å². The molecule has 0 aliphatic carbocycles. The van der Waals surface area contributed by atoms with Gasteiger partial charge < -0.3 is 9.88 Å². The Kier molecular flexibility index (Phi) is 6.82. The van der Waals surface area contributed by atoms with Gasteiger partial charge in [-0.15, -0.1) is 0 Å². The van der Waals surface area contributed by atoms with Crippen molar-refractivity contribution in [3.05, 3.63) is 114 Å². The zero-order valence-electron chi connectivity index (χ0n) is 17.6. The highest BCUT2D eigenvalue weighted by atomic mass is 32.2. The molecule has 1 unspecified atom stereocenters. The summed E-state index contributed by atoms with van der Waals surface area (Å²) in [6, 6.07) is 26.8. The van der Waals surface area contributed by atoms with Gasteiger partial charge >= 0.3 is 0 Å². The number of benzene rings is 3. The van der Waals surface area contributed by atoms with E-state index in [-0.39, 0.29) is 11.7 Å². The summed E-state index contributed by atoms with van der Waals surface area (Å²) in [5, 5.41) is 3.22. The van der Waals surface area contributed by atoms with Crippen LogP contribution >= 0.6 is 11.8 Å². The second kappa shape index (κ2) is 10.1. The second-order valence-corrected chi connectivity index (χ2v) is 8.43. The highest BCUT2D eigenvalue weighted by molar-refractivity contribution is 8.00. The molecule has 1 N–H and O–H groups in total. The Bertz CT molecular complexity index is 1210. The van der Waals surface area contributed by atoms with Gasteiger partial charge in [-0.3, -0.25) is 9.59 Å². The lowest BCUT2D eigenvalue weighted by molar-refractivity contribution is -0.115. The first-order chi connectivity index (χ1) is 15.6. The van der Waals surface area contributed by atoms with Gasteiger partial charge in [-0.25, -0.2) is 4.98 Å². The Morgan fingerprint density at radius 3 is 2.41 bits per heavy atom. The van der Waals surface area contributed by atoms with Crippen molar-refractivity contribution in [1.29, 1.82) is 0 Å². The van der Waals surface area contributed by atoms with Gasteiger partial charge in [0.1, 0.15) is 5.25 Å². The number of aromatic nitrogens is 2. The van der Waals surface area contributed by atoms with E-state index in [4.69, 9.17) is 0 Å². The number of rotatable bonds is 8. The van der Waals surface area contributed by atoms with Crippen LogP contribution in [0.2, 0.25) is 0 Å². The molecule has 1 atom stereocenters. The fourth-order valence-corrected chi connectivity index (χ4v) is 4.40. The number of hydrogen-bond donors (Lipinski definition) is 1. The van der Waals surface area contributed by atoms with Crippen LogP contribution in [0.4, 0.5) is 5.69 Å². The number of imidazole rings is 1. The van der Waals surface area contributed by atoms with E-state index in [1.165, 1.54) is 18.7 Å². The van der Waals surface area contributed by atoms with Gasteiger partial charge in [0.25, 0.3) is 0 Å². The molecule has 0 fully saturated rings. The molecule has 1 aromatic heterocycles. The lowest BCUT2D eigenvalue weighted by Crippen LogP contribution is -2.19. The number of Topliss-reactive ketones (excluding diaryl/α,β-unsaturated/α-hetero) is 1. The summed E-state index contributed by atoms with van der Waals surface area (Å²) in [6.07, 6.45) is 3.67. The van der Waals surface area contributed by atoms with E-state index >= 15 is 0 Å². The molecule has 32 heavy (non-hydrogen) atoms. The van der Waals surface area contributed by atoms with Crippen LogP contribution in [0.25, 0.3) is 0 Å². The van der Waals surface area contributed by atoms with Gasteiger partial charge in [0.05, 0.1) is 0 Å². The van der Waals surface area contributed by atoms with E-state index in [1.54, 1.807) is 30.5 Å². The molecule has 1 heterocycles. The topological polar surface area (TPSA) is 64.0 Å². The molecule has 3 aromatic carbocycles. The molecule has 0 saturated carbocycles. The third-order valence-corrected chi connectivity index (χ3v) is 6.25. The zero-order valence-corrected chi connectivity index (χ0v) is 18.5. The largest absolute Gasteiger partial charge is 0.325 e. The van der Waals surface area contributed by atoms with Crippen LogP contribution in [-0.2, 0) is 11.3 Å². The smallest absolute Gasteiger partial charge is 0.242 e. The van der Waals surface area contributed by atoms with E-state index in [1.807, 2.05) is 59.3 Å². The SMILES string of the molecule is CC(=O)c1cccc(NC(=O)C(Sc2nccn2Cc2ccccc2)c2ccccc2)c1. The average Bonchev–Trinajstić information content (AvgIpc) is 3.25. The highest BCUT2D eigenvalue weighted by Gasteiger charge is 2.24. The van der Waals surface area contributed by atoms with Gasteiger partial charge in [-0.05, 0) is 30.2 Å². The lowest BCUT2D eigenvalue weighted by Gasteiger charge is -2.18. The molecule has 0 radical (unpaired) electrons. The molecule has 4 aromatic rings. The van der Waals surface area contributed by atoms with Gasteiger partial charge in [-0.2, -0.15) is 0 Å². The predicted octanol–water partition coefficient (Wildman–Crippen LogP) is 5.61. The summed E-state index contributed by atoms with van der Waals surface area (Å²) in [5.41, 5.74) is 3.20. The number of carbonyl (C=O) groups is 2. The summed E-state index contributed by atoms with van der Waals surface area (Å²) >= 11 is 1.41. The Hall–Kier alpha value is -3.64. The fourth-order valence-electron chi connectivity index (χ4n) is 3.34. The molecule has 0 aliphatic rings. The van der Waals surface area contributed by atoms with E-state index < -0.39 is 5.25 Å². The molecule has 5 nitrogen and oxygen atoms in total. The van der Waals surface area contributed by atoms with Crippen molar-refractivity contribution in [3.8, 4) is 0 Å². The summed E-state index contributed by atoms with van der Waals surface area (Å²) in [7, 11) is 0. The zero-order chi connectivity index (χ0) is 22.3. The minimum atomic E-state index is -0.505. The van der Waals surface area contributed by atoms with Crippen LogP contribution in [0, 0.1) is 0 Å². The van der Waals surface area contributed by atoms with Crippen molar-refractivity contribution in [2.75, 3.05) is 5.32 Å². The van der Waals surface area contributed by atoms with Crippen molar-refractivity contribution in [1.82, 2.24) is 9.55 Å². The molecular formula is C26H23N3O2S. The first kappa shape index (κ1) is 21.6. The summed E-state index contributed by atoms with van der Waals surface area (Å²) in [5.74, 6) is -0.214. The molecule has 160 valence electrons. The van der Waals surface area contributed by atoms with E-state index in [9.17, 15) is 9.59 Å². The van der Waals surface area contributed by atoms with Crippen LogP contribution in [0.3, 0.4) is 0 Å². The minimum Gasteiger partial charge on any atom is -0.325 e. The number of anilines is 1. The van der Waals surface area contributed by atoms with Gasteiger partial charge in [-0.1, -0.05) is 84.6 Å². The fraction of sp³-hybridized carbons (Fsp3) is 0.115. The maximum atomic E-state index is 13.3. The highest BCUT2D eigenvalue weighted by Crippen LogP contribution is 2.35. The van der Waals surface area contributed by atoms with Gasteiger partial charge in [0, 0.05) is 30.2 Å². The van der Waals surface area contributed by atoms with Gasteiger partial charge in [0.2, 0.25) is 5.91 Å². The Labute approximate surface area is 191 Å². The van der Waals surface area contributed by atoms with Crippen molar-refractivity contribution >= 4 is 29.1 Å². The molecule has 0 bridgehead atoms. The first-order valence-electron chi connectivity index (χ1n) is 10.3.